The lowest BCUT2D eigenvalue weighted by atomic mass is 9.95. The van der Waals surface area contributed by atoms with Gasteiger partial charge in [0.1, 0.15) is 17.7 Å². The van der Waals surface area contributed by atoms with Gasteiger partial charge in [-0.05, 0) is 24.3 Å². The van der Waals surface area contributed by atoms with E-state index >= 15 is 0 Å². The average molecular weight is 313 g/mol. The molecule has 0 amide bonds. The number of benzene rings is 2. The number of aliphatic hydroxyl groups excluding tert-OH is 1. The summed E-state index contributed by atoms with van der Waals surface area (Å²) < 4.78 is 19.0. The molecule has 1 aliphatic rings. The van der Waals surface area contributed by atoms with E-state index in [1.165, 1.54) is 18.2 Å². The van der Waals surface area contributed by atoms with Crippen molar-refractivity contribution in [3.05, 3.63) is 63.4 Å². The van der Waals surface area contributed by atoms with E-state index in [2.05, 4.69) is 0 Å². The maximum atomic E-state index is 13.3. The van der Waals surface area contributed by atoms with E-state index in [9.17, 15) is 9.50 Å². The summed E-state index contributed by atoms with van der Waals surface area (Å²) in [6.45, 7) is 0. The number of fused-ring (bicyclic) bond motifs is 1. The predicted molar refractivity (Wildman–Crippen MR) is 75.8 cm³/mol. The number of halogens is 3. The second-order valence-electron chi connectivity index (χ2n) is 4.71. The standard InChI is InChI=1S/C15H11Cl2FO2/c16-8-1-3-10(12(17)5-8)15-7-13(19)11-4-2-9(18)6-14(11)20-15/h1-6,13,15,19H,7H2. The largest absolute Gasteiger partial charge is 0.485 e. The maximum Gasteiger partial charge on any atom is 0.128 e. The Morgan fingerprint density at radius 3 is 2.60 bits per heavy atom. The lowest BCUT2D eigenvalue weighted by Crippen LogP contribution is -2.19. The summed E-state index contributed by atoms with van der Waals surface area (Å²) in [6.07, 6.45) is -0.778. The van der Waals surface area contributed by atoms with Crippen molar-refractivity contribution >= 4 is 23.2 Å². The molecular weight excluding hydrogens is 302 g/mol. The summed E-state index contributed by atoms with van der Waals surface area (Å²) in [7, 11) is 0. The summed E-state index contributed by atoms with van der Waals surface area (Å²) in [5, 5.41) is 11.2. The zero-order valence-corrected chi connectivity index (χ0v) is 11.8. The molecule has 0 radical (unpaired) electrons. The van der Waals surface area contributed by atoms with Crippen molar-refractivity contribution in [2.24, 2.45) is 0 Å². The molecule has 0 aromatic heterocycles. The fourth-order valence-corrected chi connectivity index (χ4v) is 2.90. The molecule has 20 heavy (non-hydrogen) atoms. The van der Waals surface area contributed by atoms with Gasteiger partial charge in [-0.25, -0.2) is 4.39 Å². The van der Waals surface area contributed by atoms with Crippen molar-refractivity contribution < 1.29 is 14.2 Å². The Balaban J connectivity index is 1.98. The van der Waals surface area contributed by atoms with Gasteiger partial charge in [-0.15, -0.1) is 0 Å². The molecule has 2 atom stereocenters. The van der Waals surface area contributed by atoms with Crippen molar-refractivity contribution in [3.63, 3.8) is 0 Å². The van der Waals surface area contributed by atoms with Crippen LogP contribution < -0.4 is 4.74 Å². The summed E-state index contributed by atoms with van der Waals surface area (Å²) >= 11 is 12.0. The van der Waals surface area contributed by atoms with Gasteiger partial charge in [0.05, 0.1) is 6.10 Å². The molecule has 104 valence electrons. The first kappa shape index (κ1) is 13.7. The molecule has 1 N–H and O–H groups in total. The van der Waals surface area contributed by atoms with E-state index in [1.54, 1.807) is 18.2 Å². The van der Waals surface area contributed by atoms with Crippen molar-refractivity contribution in [2.75, 3.05) is 0 Å². The third-order valence-electron chi connectivity index (χ3n) is 3.35. The lowest BCUT2D eigenvalue weighted by molar-refractivity contribution is 0.0654. The average Bonchev–Trinajstić information content (AvgIpc) is 2.37. The molecule has 5 heteroatoms. The Hall–Kier alpha value is -1.29. The van der Waals surface area contributed by atoms with Crippen LogP contribution in [0.4, 0.5) is 4.39 Å². The fraction of sp³-hybridized carbons (Fsp3) is 0.200. The fourth-order valence-electron chi connectivity index (χ4n) is 2.37. The van der Waals surface area contributed by atoms with E-state index in [1.807, 2.05) is 0 Å². The van der Waals surface area contributed by atoms with Crippen molar-refractivity contribution in [2.45, 2.75) is 18.6 Å². The molecule has 0 saturated heterocycles. The highest BCUT2D eigenvalue weighted by Gasteiger charge is 2.29. The van der Waals surface area contributed by atoms with Gasteiger partial charge in [0, 0.05) is 33.7 Å². The highest BCUT2D eigenvalue weighted by molar-refractivity contribution is 6.35. The smallest absolute Gasteiger partial charge is 0.128 e. The zero-order valence-electron chi connectivity index (χ0n) is 10.3. The molecule has 0 aliphatic carbocycles. The second kappa shape index (κ2) is 5.24. The Morgan fingerprint density at radius 1 is 1.10 bits per heavy atom. The van der Waals surface area contributed by atoms with Crippen LogP contribution in [0.2, 0.25) is 10.0 Å². The molecule has 2 unspecified atom stereocenters. The molecule has 0 spiro atoms. The summed E-state index contributed by atoms with van der Waals surface area (Å²) in [5.74, 6) is -0.0569. The minimum atomic E-state index is -0.712. The van der Waals surface area contributed by atoms with Crippen LogP contribution >= 0.6 is 23.2 Å². The number of aliphatic hydroxyl groups is 1. The van der Waals surface area contributed by atoms with Crippen LogP contribution in [0.5, 0.6) is 5.75 Å². The first-order valence-corrected chi connectivity index (χ1v) is 6.89. The number of hydrogen-bond donors (Lipinski definition) is 1. The van der Waals surface area contributed by atoms with E-state index in [0.717, 1.165) is 5.56 Å². The van der Waals surface area contributed by atoms with Crippen LogP contribution in [-0.4, -0.2) is 5.11 Å². The van der Waals surface area contributed by atoms with Gasteiger partial charge in [-0.2, -0.15) is 0 Å². The minimum Gasteiger partial charge on any atom is -0.485 e. The van der Waals surface area contributed by atoms with E-state index in [4.69, 9.17) is 27.9 Å². The Morgan fingerprint density at radius 2 is 1.85 bits per heavy atom. The number of hydrogen-bond acceptors (Lipinski definition) is 2. The van der Waals surface area contributed by atoms with E-state index in [-0.39, 0.29) is 0 Å². The predicted octanol–water partition coefficient (Wildman–Crippen LogP) is 4.69. The van der Waals surface area contributed by atoms with Gasteiger partial charge < -0.3 is 9.84 Å². The zero-order chi connectivity index (χ0) is 14.3. The third kappa shape index (κ3) is 2.49. The second-order valence-corrected chi connectivity index (χ2v) is 5.55. The molecule has 0 fully saturated rings. The van der Waals surface area contributed by atoms with Crippen LogP contribution in [0.3, 0.4) is 0 Å². The van der Waals surface area contributed by atoms with Gasteiger partial charge in [-0.1, -0.05) is 29.3 Å². The summed E-state index contributed by atoms with van der Waals surface area (Å²) in [6, 6.07) is 9.20. The molecule has 2 aromatic carbocycles. The summed E-state index contributed by atoms with van der Waals surface area (Å²) in [4.78, 5) is 0. The van der Waals surface area contributed by atoms with E-state index < -0.39 is 18.0 Å². The molecule has 2 aromatic rings. The van der Waals surface area contributed by atoms with Gasteiger partial charge >= 0.3 is 0 Å². The molecular formula is C15H11Cl2FO2. The maximum absolute atomic E-state index is 13.3. The van der Waals surface area contributed by atoms with Crippen molar-refractivity contribution in [3.8, 4) is 5.75 Å². The van der Waals surface area contributed by atoms with Crippen LogP contribution in [0.15, 0.2) is 36.4 Å². The first-order valence-electron chi connectivity index (χ1n) is 6.13. The topological polar surface area (TPSA) is 29.5 Å². The van der Waals surface area contributed by atoms with Crippen molar-refractivity contribution in [1.29, 1.82) is 0 Å². The van der Waals surface area contributed by atoms with Gasteiger partial charge in [-0.3, -0.25) is 0 Å². The number of ether oxygens (including phenoxy) is 1. The Bertz CT molecular complexity index is 660. The van der Waals surface area contributed by atoms with Gasteiger partial charge in [0.25, 0.3) is 0 Å². The third-order valence-corrected chi connectivity index (χ3v) is 3.91. The Labute approximate surface area is 125 Å². The van der Waals surface area contributed by atoms with Gasteiger partial charge in [0.2, 0.25) is 0 Å². The SMILES string of the molecule is OC1CC(c2ccc(Cl)cc2Cl)Oc2cc(F)ccc21. The van der Waals surface area contributed by atoms with Crippen LogP contribution in [0.1, 0.15) is 29.8 Å². The van der Waals surface area contributed by atoms with Crippen LogP contribution in [-0.2, 0) is 0 Å². The first-order chi connectivity index (χ1) is 9.54. The van der Waals surface area contributed by atoms with Crippen LogP contribution in [0, 0.1) is 5.82 Å². The molecule has 0 bridgehead atoms. The highest BCUT2D eigenvalue weighted by atomic mass is 35.5. The normalized spacial score (nSPS) is 21.2. The van der Waals surface area contributed by atoms with Crippen molar-refractivity contribution in [1.82, 2.24) is 0 Å². The molecule has 0 saturated carbocycles. The highest BCUT2D eigenvalue weighted by Crippen LogP contribution is 2.42. The van der Waals surface area contributed by atoms with E-state index in [0.29, 0.717) is 27.8 Å². The molecule has 1 heterocycles. The molecule has 1 aliphatic heterocycles. The summed E-state index contributed by atoms with van der Waals surface area (Å²) in [5.41, 5.74) is 1.32. The molecule has 2 nitrogen and oxygen atoms in total. The quantitative estimate of drug-likeness (QED) is 0.827. The minimum absolute atomic E-state index is 0.347. The lowest BCUT2D eigenvalue weighted by Gasteiger charge is -2.30. The molecule has 3 rings (SSSR count). The number of rotatable bonds is 1. The van der Waals surface area contributed by atoms with Crippen LogP contribution in [0.25, 0.3) is 0 Å². The van der Waals surface area contributed by atoms with Gasteiger partial charge in [0.15, 0.2) is 0 Å². The monoisotopic (exact) mass is 312 g/mol. The Kier molecular flexibility index (Phi) is 3.59.